The first kappa shape index (κ1) is 46.7. The summed E-state index contributed by atoms with van der Waals surface area (Å²) in [6.45, 7) is -12.1. The Hall–Kier alpha value is -2.29. The molecule has 1 aliphatic rings. The largest absolute Gasteiger partial charge is 0.460 e. The number of esters is 1. The number of ether oxygens (including phenoxy) is 6. The van der Waals surface area contributed by atoms with Crippen molar-refractivity contribution < 1.29 is 133 Å². The van der Waals surface area contributed by atoms with Crippen molar-refractivity contribution in [1.82, 2.24) is 0 Å². The van der Waals surface area contributed by atoms with Gasteiger partial charge in [0.2, 0.25) is 5.79 Å². The van der Waals surface area contributed by atoms with E-state index in [9.17, 15) is 87.3 Å². The van der Waals surface area contributed by atoms with E-state index in [1.165, 1.54) is 0 Å². The van der Waals surface area contributed by atoms with Gasteiger partial charge in [-0.05, 0) is 6.92 Å². The summed E-state index contributed by atoms with van der Waals surface area (Å²) in [6.07, 6.45) is -35.6. The average molecular weight is 818 g/mol. The molecule has 0 N–H and O–H groups in total. The van der Waals surface area contributed by atoms with E-state index in [-0.39, 0.29) is 6.92 Å². The predicted molar refractivity (Wildman–Crippen MR) is 107 cm³/mol. The fourth-order valence-corrected chi connectivity index (χ4v) is 3.12. The van der Waals surface area contributed by atoms with Crippen molar-refractivity contribution in [2.75, 3.05) is 26.5 Å². The molecule has 0 aromatic rings. The highest BCUT2D eigenvalue weighted by Crippen LogP contribution is 2.56. The molecule has 32 heteroatoms. The molecule has 1 saturated heterocycles. The molecule has 0 radical (unpaired) electrons. The summed E-state index contributed by atoms with van der Waals surface area (Å²) < 4.78 is 310. The average Bonchev–Trinajstić information content (AvgIpc) is 3.05. The molecule has 0 spiro atoms. The van der Waals surface area contributed by atoms with Gasteiger partial charge >= 0.3 is 81.3 Å². The maximum absolute atomic E-state index is 15.4. The van der Waals surface area contributed by atoms with E-state index in [2.05, 4.69) is 28.4 Å². The lowest BCUT2D eigenvalue weighted by Crippen LogP contribution is -2.62. The maximum atomic E-state index is 15.4. The van der Waals surface area contributed by atoms with Gasteiger partial charge in [0.05, 0.1) is 0 Å². The molecular weight excluding hydrogens is 805 g/mol. The fourth-order valence-electron chi connectivity index (χ4n) is 2.89. The summed E-state index contributed by atoms with van der Waals surface area (Å²) in [4.78, 5) is 11.7. The van der Waals surface area contributed by atoms with Crippen LogP contribution in [0.15, 0.2) is 0 Å². The first-order valence-electron chi connectivity index (χ1n) is 11.0. The molecule has 49 heavy (non-hydrogen) atoms. The topological polar surface area (TPSA) is 141 Å². The molecule has 1 fully saturated rings. The third-order valence-electron chi connectivity index (χ3n) is 4.73. The summed E-state index contributed by atoms with van der Waals surface area (Å²) in [6, 6.07) is 0. The Balaban J connectivity index is 0.00000738. The molecule has 0 saturated carbocycles. The molecule has 0 aromatic carbocycles. The zero-order valence-corrected chi connectivity index (χ0v) is 24.2. The van der Waals surface area contributed by atoms with Crippen LogP contribution in [-0.4, -0.2) is 109 Å². The number of hydrogen-bond donors (Lipinski definition) is 0. The molecule has 0 amide bonds. The zero-order valence-electron chi connectivity index (χ0n) is 22.5. The molecule has 0 aromatic heterocycles. The van der Waals surface area contributed by atoms with Gasteiger partial charge in [-0.15, -0.1) is 0 Å². The molecule has 4 unspecified atom stereocenters. The molecule has 1 rings (SSSR count). The minimum Gasteiger partial charge on any atom is -0.455 e. The van der Waals surface area contributed by atoms with Crippen molar-refractivity contribution in [2.45, 2.75) is 72.6 Å². The highest BCUT2D eigenvalue weighted by molar-refractivity contribution is 7.87. The lowest BCUT2D eigenvalue weighted by Gasteiger charge is -2.35. The van der Waals surface area contributed by atoms with Gasteiger partial charge in [0.15, 0.2) is 6.67 Å². The zero-order chi connectivity index (χ0) is 39.6. The van der Waals surface area contributed by atoms with Crippen LogP contribution in [-0.2, 0) is 55.0 Å². The number of alkyl halides is 18. The van der Waals surface area contributed by atoms with Crippen LogP contribution >= 0.6 is 0 Å². The van der Waals surface area contributed by atoms with E-state index in [0.717, 1.165) is 0 Å². The van der Waals surface area contributed by atoms with Gasteiger partial charge < -0.3 is 14.2 Å². The van der Waals surface area contributed by atoms with Crippen LogP contribution in [0.3, 0.4) is 0 Å². The maximum Gasteiger partial charge on any atom is 0.460 e. The van der Waals surface area contributed by atoms with E-state index in [1.807, 2.05) is 0 Å². The Morgan fingerprint density at radius 2 is 1.27 bits per heavy atom. The van der Waals surface area contributed by atoms with Crippen LogP contribution in [0, 0.1) is 0 Å². The SMILES string of the molecule is CC1(COC(=O)C(F)(OC(F)(F)CC(F)(F)F)C(F)(F)F)OC(F)(COCC(F)(F)S(=O)(=O)F)C(F)(C(F)(F)OC(F)(F)CF)O1.O=S=O. The van der Waals surface area contributed by atoms with E-state index in [0.29, 0.717) is 0 Å². The Kier molecular flexibility index (Phi) is 14.1. The lowest BCUT2D eigenvalue weighted by atomic mass is 10.1. The Bertz CT molecular complexity index is 1310. The molecule has 11 nitrogen and oxygen atoms in total. The van der Waals surface area contributed by atoms with Crippen LogP contribution in [0.1, 0.15) is 13.3 Å². The number of rotatable bonds is 15. The van der Waals surface area contributed by atoms with Crippen LogP contribution < -0.4 is 0 Å². The van der Waals surface area contributed by atoms with Gasteiger partial charge in [0.25, 0.3) is 0 Å². The number of carbonyl (C=O) groups excluding carboxylic acids is 1. The third kappa shape index (κ3) is 11.6. The second-order valence-corrected chi connectivity index (χ2v) is 10.5. The van der Waals surface area contributed by atoms with Crippen LogP contribution in [0.5, 0.6) is 0 Å². The monoisotopic (exact) mass is 818 g/mol. The first-order valence-corrected chi connectivity index (χ1v) is 13.1. The normalized spacial score (nSPS) is 25.6. The Morgan fingerprint density at radius 3 is 1.65 bits per heavy atom. The van der Waals surface area contributed by atoms with Crippen molar-refractivity contribution >= 4 is 27.8 Å². The van der Waals surface area contributed by atoms with Gasteiger partial charge in [0.1, 0.15) is 26.2 Å². The smallest absolute Gasteiger partial charge is 0.455 e. The molecule has 4 atom stereocenters. The minimum atomic E-state index is -7.10. The van der Waals surface area contributed by atoms with Crippen LogP contribution in [0.25, 0.3) is 0 Å². The summed E-state index contributed by atoms with van der Waals surface area (Å²) in [5.74, 6) is -26.3. The minimum absolute atomic E-state index is 0.243. The highest BCUT2D eigenvalue weighted by atomic mass is 32.3. The van der Waals surface area contributed by atoms with Crippen LogP contribution in [0.2, 0.25) is 0 Å². The first-order chi connectivity index (χ1) is 21.3. The van der Waals surface area contributed by atoms with Gasteiger partial charge in [-0.2, -0.15) is 87.1 Å². The predicted octanol–water partition coefficient (Wildman–Crippen LogP) is 4.82. The van der Waals surface area contributed by atoms with Crippen molar-refractivity contribution in [3.63, 3.8) is 0 Å². The molecule has 1 aliphatic heterocycles. The van der Waals surface area contributed by atoms with Gasteiger partial charge in [-0.3, -0.25) is 9.47 Å². The summed E-state index contributed by atoms with van der Waals surface area (Å²) >= 11 is -0.750. The van der Waals surface area contributed by atoms with Crippen molar-refractivity contribution in [2.24, 2.45) is 0 Å². The molecule has 0 aliphatic carbocycles. The number of hydrogen-bond acceptors (Lipinski definition) is 11. The standard InChI is InChI=1S/C17H13F19O9S.O2S/c1-8(4-41-7(37)14(29,16(31,32)33)44-11(23,24)2-10(20,21)22)42-9(19,5-40-6-13(27,28)46(36,38)39)15(30,43-8)17(34,35)45-12(25,26)3-18;1-3-2/h2-6H2,1H3;. The lowest BCUT2D eigenvalue weighted by molar-refractivity contribution is -0.468. The van der Waals surface area contributed by atoms with Crippen LogP contribution in [0.4, 0.5) is 82.9 Å². The van der Waals surface area contributed by atoms with Crippen molar-refractivity contribution in [3.8, 4) is 0 Å². The van der Waals surface area contributed by atoms with E-state index in [1.54, 1.807) is 0 Å². The van der Waals surface area contributed by atoms with Gasteiger partial charge in [-0.25, -0.2) is 18.3 Å². The fraction of sp³-hybridized carbons (Fsp3) is 0.941. The molecule has 1 heterocycles. The second-order valence-electron chi connectivity index (χ2n) is 8.89. The number of halogens is 19. The molecule has 292 valence electrons. The summed E-state index contributed by atoms with van der Waals surface area (Å²) in [5.41, 5.74) is 0. The number of carbonyl (C=O) groups is 1. The Morgan fingerprint density at radius 1 is 0.796 bits per heavy atom. The van der Waals surface area contributed by atoms with Gasteiger partial charge in [0, 0.05) is 0 Å². The van der Waals surface area contributed by atoms with Crippen molar-refractivity contribution in [1.29, 1.82) is 0 Å². The summed E-state index contributed by atoms with van der Waals surface area (Å²) in [5, 5.41) is -5.70. The third-order valence-corrected chi connectivity index (χ3v) is 5.56. The summed E-state index contributed by atoms with van der Waals surface area (Å²) in [7, 11) is -6.97. The Labute approximate surface area is 260 Å². The molecule has 0 bridgehead atoms. The van der Waals surface area contributed by atoms with Crippen molar-refractivity contribution in [3.05, 3.63) is 0 Å². The van der Waals surface area contributed by atoms with E-state index >= 15 is 8.78 Å². The van der Waals surface area contributed by atoms with E-state index < -0.39 is 120 Å². The highest BCUT2D eigenvalue weighted by Gasteiger charge is 2.82. The second kappa shape index (κ2) is 14.7. The quantitative estimate of drug-likeness (QED) is 0.128. The molecular formula is C17H13F19O11S2. The van der Waals surface area contributed by atoms with Gasteiger partial charge in [-0.1, -0.05) is 3.89 Å². The van der Waals surface area contributed by atoms with E-state index in [4.69, 9.17) is 8.42 Å².